The molecule has 1 aliphatic heterocycles. The molecule has 0 radical (unpaired) electrons. The standard InChI is InChI=1S/C21H21N3/c22-15-20-12-7-13-21(17-23,14-18-8-3-1-4-9-18)24(20)16-19-10-5-2-6-11-19/h1-6,8-11,20H,7,12-14,16H2. The molecule has 1 saturated heterocycles. The molecule has 24 heavy (non-hydrogen) atoms. The lowest BCUT2D eigenvalue weighted by molar-refractivity contribution is 0.0529. The highest BCUT2D eigenvalue weighted by Crippen LogP contribution is 2.36. The van der Waals surface area contributed by atoms with Crippen LogP contribution in [0.2, 0.25) is 0 Å². The highest BCUT2D eigenvalue weighted by molar-refractivity contribution is 5.26. The van der Waals surface area contributed by atoms with Crippen LogP contribution in [0, 0.1) is 22.7 Å². The Kier molecular flexibility index (Phi) is 4.94. The fourth-order valence-electron chi connectivity index (χ4n) is 3.64. The molecular formula is C21H21N3. The van der Waals surface area contributed by atoms with Crippen LogP contribution in [0.4, 0.5) is 0 Å². The molecule has 1 fully saturated rings. The van der Waals surface area contributed by atoms with Crippen LogP contribution in [0.5, 0.6) is 0 Å². The molecule has 0 saturated carbocycles. The maximum absolute atomic E-state index is 10.1. The number of hydrogen-bond donors (Lipinski definition) is 0. The first-order valence-electron chi connectivity index (χ1n) is 8.43. The zero-order valence-corrected chi connectivity index (χ0v) is 13.7. The van der Waals surface area contributed by atoms with Crippen molar-refractivity contribution in [1.82, 2.24) is 4.90 Å². The van der Waals surface area contributed by atoms with E-state index in [0.29, 0.717) is 13.0 Å². The summed E-state index contributed by atoms with van der Waals surface area (Å²) in [4.78, 5) is 2.12. The van der Waals surface area contributed by atoms with Gasteiger partial charge in [-0.15, -0.1) is 0 Å². The first kappa shape index (κ1) is 16.2. The summed E-state index contributed by atoms with van der Waals surface area (Å²) in [6.45, 7) is 0.638. The average Bonchev–Trinajstić information content (AvgIpc) is 2.65. The lowest BCUT2D eigenvalue weighted by Crippen LogP contribution is -2.56. The molecule has 1 heterocycles. The minimum absolute atomic E-state index is 0.206. The quantitative estimate of drug-likeness (QED) is 0.854. The Labute approximate surface area is 143 Å². The van der Waals surface area contributed by atoms with Gasteiger partial charge < -0.3 is 0 Å². The largest absolute Gasteiger partial charge is 0.265 e. The highest BCUT2D eigenvalue weighted by Gasteiger charge is 2.44. The fraction of sp³-hybridized carbons (Fsp3) is 0.333. The summed E-state index contributed by atoms with van der Waals surface area (Å²) in [7, 11) is 0. The molecule has 120 valence electrons. The van der Waals surface area contributed by atoms with Crippen LogP contribution in [0.25, 0.3) is 0 Å². The summed E-state index contributed by atoms with van der Waals surface area (Å²) < 4.78 is 0. The van der Waals surface area contributed by atoms with Gasteiger partial charge in [-0.25, -0.2) is 0 Å². The second-order valence-electron chi connectivity index (χ2n) is 6.46. The van der Waals surface area contributed by atoms with E-state index >= 15 is 0 Å². The molecule has 3 rings (SSSR count). The van der Waals surface area contributed by atoms with Crippen LogP contribution in [0.1, 0.15) is 30.4 Å². The van der Waals surface area contributed by atoms with E-state index in [-0.39, 0.29) is 6.04 Å². The van der Waals surface area contributed by atoms with Crippen LogP contribution in [-0.2, 0) is 13.0 Å². The zero-order valence-electron chi connectivity index (χ0n) is 13.7. The summed E-state index contributed by atoms with van der Waals surface area (Å²) in [6.07, 6.45) is 3.23. The zero-order chi connectivity index (χ0) is 16.8. The predicted octanol–water partition coefficient (Wildman–Crippen LogP) is 4.07. The Balaban J connectivity index is 1.94. The molecule has 2 aromatic rings. The molecule has 0 spiro atoms. The molecule has 1 aliphatic rings. The number of nitrogens with zero attached hydrogens (tertiary/aromatic N) is 3. The van der Waals surface area contributed by atoms with E-state index < -0.39 is 5.54 Å². The van der Waals surface area contributed by atoms with Gasteiger partial charge in [0, 0.05) is 13.0 Å². The van der Waals surface area contributed by atoms with Crippen molar-refractivity contribution in [3.05, 3.63) is 71.8 Å². The Hall–Kier alpha value is -2.62. The van der Waals surface area contributed by atoms with Crippen molar-refractivity contribution in [2.24, 2.45) is 0 Å². The van der Waals surface area contributed by atoms with Crippen LogP contribution < -0.4 is 0 Å². The molecular weight excluding hydrogens is 294 g/mol. The van der Waals surface area contributed by atoms with Crippen molar-refractivity contribution >= 4 is 0 Å². The maximum atomic E-state index is 10.1. The third-order valence-corrected chi connectivity index (χ3v) is 4.89. The molecule has 2 aromatic carbocycles. The fourth-order valence-corrected chi connectivity index (χ4v) is 3.64. The summed E-state index contributed by atoms with van der Waals surface area (Å²) in [5, 5.41) is 19.7. The van der Waals surface area contributed by atoms with Gasteiger partial charge in [-0.2, -0.15) is 10.5 Å². The topological polar surface area (TPSA) is 50.8 Å². The van der Waals surface area contributed by atoms with E-state index in [2.05, 4.69) is 41.3 Å². The summed E-state index contributed by atoms with van der Waals surface area (Å²) in [6, 6.07) is 25.1. The average molecular weight is 315 g/mol. The third-order valence-electron chi connectivity index (χ3n) is 4.89. The van der Waals surface area contributed by atoms with Crippen LogP contribution in [0.3, 0.4) is 0 Å². The third kappa shape index (κ3) is 3.32. The first-order chi connectivity index (χ1) is 11.8. The lowest BCUT2D eigenvalue weighted by Gasteiger charge is -2.45. The number of nitriles is 2. The molecule has 2 atom stereocenters. The van der Waals surface area contributed by atoms with Crippen molar-refractivity contribution in [1.29, 1.82) is 10.5 Å². The van der Waals surface area contributed by atoms with Crippen molar-refractivity contribution in [2.45, 2.75) is 43.8 Å². The van der Waals surface area contributed by atoms with E-state index in [9.17, 15) is 10.5 Å². The van der Waals surface area contributed by atoms with Gasteiger partial charge in [-0.3, -0.25) is 4.90 Å². The molecule has 0 bridgehead atoms. The maximum Gasteiger partial charge on any atom is 0.114 e. The normalized spacial score (nSPS) is 24.0. The second kappa shape index (κ2) is 7.30. The van der Waals surface area contributed by atoms with Gasteiger partial charge >= 0.3 is 0 Å². The van der Waals surface area contributed by atoms with E-state index in [1.165, 1.54) is 0 Å². The highest BCUT2D eigenvalue weighted by atomic mass is 15.2. The van der Waals surface area contributed by atoms with Crippen molar-refractivity contribution < 1.29 is 0 Å². The minimum Gasteiger partial charge on any atom is -0.265 e. The lowest BCUT2D eigenvalue weighted by atomic mass is 9.79. The Morgan fingerprint density at radius 3 is 2.17 bits per heavy atom. The van der Waals surface area contributed by atoms with Gasteiger partial charge in [-0.1, -0.05) is 60.7 Å². The first-order valence-corrected chi connectivity index (χ1v) is 8.43. The van der Waals surface area contributed by atoms with Crippen LogP contribution >= 0.6 is 0 Å². The summed E-state index contributed by atoms with van der Waals surface area (Å²) in [5.41, 5.74) is 1.68. The van der Waals surface area contributed by atoms with Crippen LogP contribution in [0.15, 0.2) is 60.7 Å². The Morgan fingerprint density at radius 2 is 1.58 bits per heavy atom. The molecule has 0 N–H and O–H groups in total. The number of rotatable bonds is 4. The number of benzene rings is 2. The monoisotopic (exact) mass is 315 g/mol. The number of hydrogen-bond acceptors (Lipinski definition) is 3. The summed E-state index contributed by atoms with van der Waals surface area (Å²) >= 11 is 0. The molecule has 0 aliphatic carbocycles. The smallest absolute Gasteiger partial charge is 0.114 e. The summed E-state index contributed by atoms with van der Waals surface area (Å²) in [5.74, 6) is 0. The van der Waals surface area contributed by atoms with E-state index in [1.807, 2.05) is 36.4 Å². The van der Waals surface area contributed by atoms with Gasteiger partial charge in [0.25, 0.3) is 0 Å². The van der Waals surface area contributed by atoms with Gasteiger partial charge in [0.1, 0.15) is 5.54 Å². The van der Waals surface area contributed by atoms with Gasteiger partial charge in [-0.05, 0) is 30.4 Å². The number of piperidine rings is 1. The molecule has 2 unspecified atom stereocenters. The van der Waals surface area contributed by atoms with E-state index in [1.54, 1.807) is 0 Å². The van der Waals surface area contributed by atoms with Crippen LogP contribution in [-0.4, -0.2) is 16.5 Å². The number of likely N-dealkylation sites (tertiary alicyclic amines) is 1. The van der Waals surface area contributed by atoms with Gasteiger partial charge in [0.15, 0.2) is 0 Å². The molecule has 3 nitrogen and oxygen atoms in total. The van der Waals surface area contributed by atoms with E-state index in [4.69, 9.17) is 0 Å². The van der Waals surface area contributed by atoms with Gasteiger partial charge in [0.2, 0.25) is 0 Å². The van der Waals surface area contributed by atoms with Gasteiger partial charge in [0.05, 0.1) is 18.2 Å². The molecule has 0 amide bonds. The Bertz CT molecular complexity index is 742. The molecule has 3 heteroatoms. The van der Waals surface area contributed by atoms with Crippen molar-refractivity contribution in [2.75, 3.05) is 0 Å². The second-order valence-corrected chi connectivity index (χ2v) is 6.46. The van der Waals surface area contributed by atoms with Crippen molar-refractivity contribution in [3.63, 3.8) is 0 Å². The molecule has 0 aromatic heterocycles. The SMILES string of the molecule is N#CC1CCCC(C#N)(Cc2ccccc2)N1Cc1ccccc1. The predicted molar refractivity (Wildman–Crippen MR) is 93.7 cm³/mol. The van der Waals surface area contributed by atoms with E-state index in [0.717, 1.165) is 30.4 Å². The van der Waals surface area contributed by atoms with Crippen molar-refractivity contribution in [3.8, 4) is 12.1 Å². The minimum atomic E-state index is -0.615. The Morgan fingerprint density at radius 1 is 0.958 bits per heavy atom.